The van der Waals surface area contributed by atoms with Gasteiger partial charge in [-0.2, -0.15) is 4.57 Å². The van der Waals surface area contributed by atoms with Gasteiger partial charge in [-0.15, -0.1) is 0 Å². The van der Waals surface area contributed by atoms with Gasteiger partial charge in [0.05, 0.1) is 0 Å². The lowest BCUT2D eigenvalue weighted by atomic mass is 10.4. The topological polar surface area (TPSA) is 47.0 Å². The molecule has 1 heterocycles. The van der Waals surface area contributed by atoms with Crippen molar-refractivity contribution < 1.29 is 9.36 Å². The summed E-state index contributed by atoms with van der Waals surface area (Å²) >= 11 is 0. The molecule has 1 aromatic rings. The van der Waals surface area contributed by atoms with Crippen LogP contribution in [0, 0.1) is 0 Å². The number of nitrogens with two attached hydrogens (primary N) is 1. The van der Waals surface area contributed by atoms with Gasteiger partial charge in [0.2, 0.25) is 6.54 Å². The van der Waals surface area contributed by atoms with Crippen molar-refractivity contribution in [3.05, 3.63) is 24.5 Å². The number of aromatic nitrogens is 1. The van der Waals surface area contributed by atoms with Crippen LogP contribution in [0.1, 0.15) is 0 Å². The van der Waals surface area contributed by atoms with Crippen molar-refractivity contribution in [1.82, 2.24) is 0 Å². The molecule has 3 nitrogen and oxygen atoms in total. The van der Waals surface area contributed by atoms with Gasteiger partial charge in [0.25, 0.3) is 6.29 Å². The van der Waals surface area contributed by atoms with Crippen LogP contribution in [0.15, 0.2) is 24.5 Å². The van der Waals surface area contributed by atoms with Crippen LogP contribution in [0.5, 0.6) is 0 Å². The number of pyridine rings is 1. The van der Waals surface area contributed by atoms with Gasteiger partial charge >= 0.3 is 0 Å². The van der Waals surface area contributed by atoms with Crippen molar-refractivity contribution in [2.75, 3.05) is 5.73 Å². The predicted molar refractivity (Wildman–Crippen MR) is 36.7 cm³/mol. The minimum atomic E-state index is 0.264. The van der Waals surface area contributed by atoms with Gasteiger partial charge in [-0.25, -0.2) is 0 Å². The maximum Gasteiger partial charge on any atom is 0.269 e. The SMILES string of the molecule is Nc1cc[n+](C[C]=O)cc1. The zero-order valence-electron chi connectivity index (χ0n) is 5.45. The van der Waals surface area contributed by atoms with Crippen LogP contribution in [0.3, 0.4) is 0 Å². The highest BCUT2D eigenvalue weighted by Gasteiger charge is 1.95. The lowest BCUT2D eigenvalue weighted by Gasteiger charge is -1.88. The minimum Gasteiger partial charge on any atom is -0.398 e. The summed E-state index contributed by atoms with van der Waals surface area (Å²) in [6.07, 6.45) is 5.25. The van der Waals surface area contributed by atoms with Gasteiger partial charge in [0.15, 0.2) is 12.4 Å². The van der Waals surface area contributed by atoms with Crippen molar-refractivity contribution in [3.63, 3.8) is 0 Å². The van der Waals surface area contributed by atoms with Crippen molar-refractivity contribution in [1.29, 1.82) is 0 Å². The highest BCUT2D eigenvalue weighted by atomic mass is 16.1. The fourth-order valence-corrected chi connectivity index (χ4v) is 0.649. The minimum absolute atomic E-state index is 0.264. The van der Waals surface area contributed by atoms with Gasteiger partial charge < -0.3 is 5.73 Å². The third-order valence-electron chi connectivity index (χ3n) is 1.16. The van der Waals surface area contributed by atoms with E-state index in [1.807, 2.05) is 0 Å². The molecule has 0 saturated heterocycles. The van der Waals surface area contributed by atoms with Gasteiger partial charge in [0, 0.05) is 17.8 Å². The molecule has 0 saturated carbocycles. The van der Waals surface area contributed by atoms with E-state index in [2.05, 4.69) is 0 Å². The van der Waals surface area contributed by atoms with E-state index in [0.717, 1.165) is 0 Å². The molecule has 0 unspecified atom stereocenters. The Morgan fingerprint density at radius 3 is 2.60 bits per heavy atom. The summed E-state index contributed by atoms with van der Waals surface area (Å²) < 4.78 is 1.70. The quantitative estimate of drug-likeness (QED) is 0.566. The van der Waals surface area contributed by atoms with Gasteiger partial charge in [0.1, 0.15) is 0 Å². The fourth-order valence-electron chi connectivity index (χ4n) is 0.649. The maximum atomic E-state index is 9.88. The molecule has 0 aliphatic carbocycles. The Hall–Kier alpha value is -1.38. The summed E-state index contributed by atoms with van der Waals surface area (Å²) in [5, 5.41) is 0. The zero-order valence-corrected chi connectivity index (χ0v) is 5.45. The van der Waals surface area contributed by atoms with Crippen molar-refractivity contribution >= 4 is 12.0 Å². The first-order chi connectivity index (χ1) is 4.83. The molecule has 1 rings (SSSR count). The fraction of sp³-hybridized carbons (Fsp3) is 0.143. The molecule has 0 atom stereocenters. The van der Waals surface area contributed by atoms with Gasteiger partial charge in [-0.3, -0.25) is 4.79 Å². The number of nitrogens with zero attached hydrogens (tertiary/aromatic N) is 1. The van der Waals surface area contributed by atoms with Crippen LogP contribution in [0.2, 0.25) is 0 Å². The highest BCUT2D eigenvalue weighted by Crippen LogP contribution is 1.92. The molecular formula is C7H8N2O+. The summed E-state index contributed by atoms with van der Waals surface area (Å²) in [6.45, 7) is 0.264. The second-order valence-electron chi connectivity index (χ2n) is 1.95. The van der Waals surface area contributed by atoms with Crippen LogP contribution >= 0.6 is 0 Å². The monoisotopic (exact) mass is 136 g/mol. The van der Waals surface area contributed by atoms with Crippen LogP contribution < -0.4 is 10.3 Å². The smallest absolute Gasteiger partial charge is 0.269 e. The number of hydrogen-bond donors (Lipinski definition) is 1. The highest BCUT2D eigenvalue weighted by molar-refractivity contribution is 5.47. The molecule has 3 heteroatoms. The van der Waals surface area contributed by atoms with Crippen LogP contribution in [0.25, 0.3) is 0 Å². The molecule has 2 N–H and O–H groups in total. The largest absolute Gasteiger partial charge is 0.398 e. The van der Waals surface area contributed by atoms with E-state index < -0.39 is 0 Å². The van der Waals surface area contributed by atoms with Crippen molar-refractivity contribution in [2.24, 2.45) is 0 Å². The summed E-state index contributed by atoms with van der Waals surface area (Å²) in [7, 11) is 0. The van der Waals surface area contributed by atoms with Crippen molar-refractivity contribution in [2.45, 2.75) is 6.54 Å². The molecule has 0 fully saturated rings. The average molecular weight is 136 g/mol. The Morgan fingerprint density at radius 1 is 1.50 bits per heavy atom. The second-order valence-corrected chi connectivity index (χ2v) is 1.95. The number of rotatable bonds is 2. The second kappa shape index (κ2) is 2.96. The molecule has 0 aromatic carbocycles. The lowest BCUT2D eigenvalue weighted by molar-refractivity contribution is -0.681. The Morgan fingerprint density at radius 2 is 2.10 bits per heavy atom. The number of anilines is 1. The van der Waals surface area contributed by atoms with Crippen LogP contribution in [-0.2, 0) is 11.3 Å². The number of hydrogen-bond acceptors (Lipinski definition) is 2. The summed E-state index contributed by atoms with van der Waals surface area (Å²) in [5.41, 5.74) is 6.11. The third kappa shape index (κ3) is 1.55. The van der Waals surface area contributed by atoms with E-state index in [-0.39, 0.29) is 6.54 Å². The molecule has 1 aromatic heterocycles. The molecule has 1 radical (unpaired) electrons. The molecule has 51 valence electrons. The normalized spacial score (nSPS) is 9.20. The first-order valence-corrected chi connectivity index (χ1v) is 2.92. The van der Waals surface area contributed by atoms with Crippen molar-refractivity contribution in [3.8, 4) is 0 Å². The maximum absolute atomic E-state index is 9.88. The van der Waals surface area contributed by atoms with Crippen LogP contribution in [0.4, 0.5) is 5.69 Å². The van der Waals surface area contributed by atoms with E-state index in [1.165, 1.54) is 0 Å². The summed E-state index contributed by atoms with van der Waals surface area (Å²) in [4.78, 5) is 9.88. The number of carbonyl (C=O) groups excluding carboxylic acids is 1. The summed E-state index contributed by atoms with van der Waals surface area (Å²) in [6, 6.07) is 3.47. The first-order valence-electron chi connectivity index (χ1n) is 2.92. The van der Waals surface area contributed by atoms with E-state index in [1.54, 1.807) is 35.4 Å². The third-order valence-corrected chi connectivity index (χ3v) is 1.16. The molecule has 0 aliphatic rings. The lowest BCUT2D eigenvalue weighted by Crippen LogP contribution is -2.33. The number of nitrogen functional groups attached to an aromatic ring is 1. The molecule has 0 amide bonds. The molecule has 0 spiro atoms. The van der Waals surface area contributed by atoms with E-state index >= 15 is 0 Å². The van der Waals surface area contributed by atoms with E-state index in [4.69, 9.17) is 5.73 Å². The Bertz CT molecular complexity index is 218. The standard InChI is InChI=1S/C7H7N2O/c8-7-1-3-9(4-2-7)5-6-10/h1-4,8H,5H2/p+1. The van der Waals surface area contributed by atoms with E-state index in [0.29, 0.717) is 5.69 Å². The van der Waals surface area contributed by atoms with Gasteiger partial charge in [-0.05, 0) is 0 Å². The average Bonchev–Trinajstić information content (AvgIpc) is 1.95. The zero-order chi connectivity index (χ0) is 7.40. The molecular weight excluding hydrogens is 128 g/mol. The Kier molecular flexibility index (Phi) is 1.99. The Labute approximate surface area is 59.1 Å². The van der Waals surface area contributed by atoms with Gasteiger partial charge in [-0.1, -0.05) is 0 Å². The van der Waals surface area contributed by atoms with E-state index in [9.17, 15) is 4.79 Å². The molecule has 0 bridgehead atoms. The first kappa shape index (κ1) is 6.74. The summed E-state index contributed by atoms with van der Waals surface area (Å²) in [5.74, 6) is 0. The molecule has 0 aliphatic heterocycles. The Balaban J connectivity index is 2.78. The van der Waals surface area contributed by atoms with Crippen LogP contribution in [-0.4, -0.2) is 6.29 Å². The predicted octanol–water partition coefficient (Wildman–Crippen LogP) is -0.334. The molecule has 10 heavy (non-hydrogen) atoms.